The Balaban J connectivity index is 1.34. The molecule has 0 bridgehead atoms. The molecule has 0 aliphatic heterocycles. The van der Waals surface area contributed by atoms with Crippen LogP contribution in [-0.4, -0.2) is 25.7 Å². The van der Waals surface area contributed by atoms with Crippen molar-refractivity contribution < 1.29 is 13.9 Å². The van der Waals surface area contributed by atoms with Gasteiger partial charge in [-0.3, -0.25) is 15.1 Å². The summed E-state index contributed by atoms with van der Waals surface area (Å²) >= 11 is 3.40. The van der Waals surface area contributed by atoms with Crippen LogP contribution in [0.1, 0.15) is 11.1 Å². The van der Waals surface area contributed by atoms with Crippen LogP contribution in [0, 0.1) is 5.82 Å². The van der Waals surface area contributed by atoms with Crippen molar-refractivity contribution in [1.82, 2.24) is 19.7 Å². The lowest BCUT2D eigenvalue weighted by atomic mass is 10.2. The molecule has 0 unspecified atom stereocenters. The van der Waals surface area contributed by atoms with E-state index in [-0.39, 0.29) is 11.7 Å². The van der Waals surface area contributed by atoms with Gasteiger partial charge in [0.15, 0.2) is 11.6 Å². The molecule has 4 aromatic rings. The van der Waals surface area contributed by atoms with Gasteiger partial charge in [0.2, 0.25) is 5.95 Å². The third-order valence-corrected chi connectivity index (χ3v) is 4.80. The Morgan fingerprint density at radius 3 is 2.78 bits per heavy atom. The van der Waals surface area contributed by atoms with Gasteiger partial charge in [-0.2, -0.15) is 0 Å². The number of pyridine rings is 1. The Kier molecular flexibility index (Phi) is 6.66. The molecule has 2 aromatic carbocycles. The summed E-state index contributed by atoms with van der Waals surface area (Å²) in [5.74, 6) is -0.295. The van der Waals surface area contributed by atoms with Gasteiger partial charge in [-0.25, -0.2) is 14.1 Å². The lowest BCUT2D eigenvalue weighted by molar-refractivity contribution is -0.111. The largest absolute Gasteiger partial charge is 0.453 e. The molecule has 0 spiro atoms. The Morgan fingerprint density at radius 2 is 2.03 bits per heavy atom. The van der Waals surface area contributed by atoms with E-state index >= 15 is 0 Å². The van der Waals surface area contributed by atoms with Crippen LogP contribution in [0.4, 0.5) is 10.3 Å². The second kappa shape index (κ2) is 9.97. The first kappa shape index (κ1) is 21.4. The summed E-state index contributed by atoms with van der Waals surface area (Å²) in [4.78, 5) is 20.2. The standard InChI is InChI=1S/C23H17BrFN5O2/c24-18-7-3-17(4-8-18)14-30-15-27-23(29-30)28-22(31)10-6-16-5-9-21(20(25)12-16)32-19-2-1-11-26-13-19/h1-13,15H,14H2,(H,28,29,31)/b10-6+. The van der Waals surface area contributed by atoms with Crippen molar-refractivity contribution in [2.75, 3.05) is 5.32 Å². The molecule has 7 nitrogen and oxygen atoms in total. The van der Waals surface area contributed by atoms with Crippen LogP contribution < -0.4 is 10.1 Å². The van der Waals surface area contributed by atoms with Crippen LogP contribution in [0.15, 0.2) is 83.9 Å². The van der Waals surface area contributed by atoms with E-state index in [4.69, 9.17) is 4.74 Å². The minimum absolute atomic E-state index is 0.0696. The molecule has 0 radical (unpaired) electrons. The summed E-state index contributed by atoms with van der Waals surface area (Å²) in [6.07, 6.45) is 7.41. The molecule has 1 amide bonds. The van der Waals surface area contributed by atoms with Gasteiger partial charge in [-0.05, 0) is 53.6 Å². The second-order valence-electron chi connectivity index (χ2n) is 6.70. The maximum absolute atomic E-state index is 14.3. The van der Waals surface area contributed by atoms with E-state index < -0.39 is 11.7 Å². The van der Waals surface area contributed by atoms with Crippen molar-refractivity contribution in [1.29, 1.82) is 0 Å². The zero-order chi connectivity index (χ0) is 22.3. The minimum Gasteiger partial charge on any atom is -0.453 e. The van der Waals surface area contributed by atoms with E-state index in [1.165, 1.54) is 36.8 Å². The number of ether oxygens (including phenoxy) is 1. The van der Waals surface area contributed by atoms with E-state index in [1.54, 1.807) is 29.1 Å². The highest BCUT2D eigenvalue weighted by atomic mass is 79.9. The van der Waals surface area contributed by atoms with Crippen LogP contribution in [0.25, 0.3) is 6.08 Å². The molecule has 2 heterocycles. The van der Waals surface area contributed by atoms with Gasteiger partial charge >= 0.3 is 0 Å². The van der Waals surface area contributed by atoms with Crippen molar-refractivity contribution in [3.63, 3.8) is 0 Å². The van der Waals surface area contributed by atoms with E-state index in [2.05, 4.69) is 36.3 Å². The molecule has 0 saturated heterocycles. The molecule has 0 saturated carbocycles. The maximum atomic E-state index is 14.3. The van der Waals surface area contributed by atoms with Gasteiger partial charge in [-0.1, -0.05) is 34.1 Å². The van der Waals surface area contributed by atoms with Crippen LogP contribution >= 0.6 is 15.9 Å². The molecule has 160 valence electrons. The van der Waals surface area contributed by atoms with E-state index in [0.29, 0.717) is 17.9 Å². The Bertz CT molecular complexity index is 1240. The first-order valence-electron chi connectivity index (χ1n) is 9.55. The minimum atomic E-state index is -0.551. The first-order chi connectivity index (χ1) is 15.5. The van der Waals surface area contributed by atoms with Gasteiger partial charge in [0.05, 0.1) is 12.7 Å². The van der Waals surface area contributed by atoms with Gasteiger partial charge in [0.1, 0.15) is 12.1 Å². The quantitative estimate of drug-likeness (QED) is 0.363. The number of aromatic nitrogens is 4. The Labute approximate surface area is 191 Å². The highest BCUT2D eigenvalue weighted by Crippen LogP contribution is 2.24. The molecule has 0 fully saturated rings. The summed E-state index contributed by atoms with van der Waals surface area (Å²) in [5, 5.41) is 6.82. The Hall–Kier alpha value is -3.85. The van der Waals surface area contributed by atoms with Crippen LogP contribution in [0.2, 0.25) is 0 Å². The number of rotatable bonds is 7. The monoisotopic (exact) mass is 493 g/mol. The summed E-state index contributed by atoms with van der Waals surface area (Å²) in [6, 6.07) is 15.6. The van der Waals surface area contributed by atoms with Crippen molar-refractivity contribution in [2.45, 2.75) is 6.54 Å². The average Bonchev–Trinajstić information content (AvgIpc) is 3.23. The van der Waals surface area contributed by atoms with Crippen molar-refractivity contribution >= 4 is 33.9 Å². The zero-order valence-corrected chi connectivity index (χ0v) is 18.2. The third-order valence-electron chi connectivity index (χ3n) is 4.27. The number of nitrogens with zero attached hydrogens (tertiary/aromatic N) is 4. The molecule has 0 aliphatic rings. The third kappa shape index (κ3) is 5.86. The van der Waals surface area contributed by atoms with Gasteiger partial charge in [0, 0.05) is 16.7 Å². The molecule has 1 N–H and O–H groups in total. The molecule has 2 aromatic heterocycles. The number of benzene rings is 2. The lowest BCUT2D eigenvalue weighted by Crippen LogP contribution is -2.10. The number of carbonyl (C=O) groups excluding carboxylic acids is 1. The second-order valence-corrected chi connectivity index (χ2v) is 7.61. The van der Waals surface area contributed by atoms with Crippen LogP contribution in [-0.2, 0) is 11.3 Å². The van der Waals surface area contributed by atoms with Crippen LogP contribution in [0.3, 0.4) is 0 Å². The summed E-state index contributed by atoms with van der Waals surface area (Å²) in [6.45, 7) is 0.527. The summed E-state index contributed by atoms with van der Waals surface area (Å²) in [5.41, 5.74) is 1.55. The predicted octanol–water partition coefficient (Wildman–Crippen LogP) is 5.07. The molecule has 0 atom stereocenters. The number of anilines is 1. The van der Waals surface area contributed by atoms with E-state index in [0.717, 1.165) is 10.0 Å². The van der Waals surface area contributed by atoms with Gasteiger partial charge in [-0.15, -0.1) is 5.10 Å². The van der Waals surface area contributed by atoms with Crippen LogP contribution in [0.5, 0.6) is 11.5 Å². The lowest BCUT2D eigenvalue weighted by Gasteiger charge is -2.06. The van der Waals surface area contributed by atoms with Crippen molar-refractivity contribution in [2.24, 2.45) is 0 Å². The topological polar surface area (TPSA) is 81.9 Å². The predicted molar refractivity (Wildman–Crippen MR) is 122 cm³/mol. The highest BCUT2D eigenvalue weighted by molar-refractivity contribution is 9.10. The molecular formula is C23H17BrFN5O2. The molecule has 32 heavy (non-hydrogen) atoms. The summed E-state index contributed by atoms with van der Waals surface area (Å²) in [7, 11) is 0. The fraction of sp³-hybridized carbons (Fsp3) is 0.0435. The normalized spacial score (nSPS) is 10.9. The van der Waals surface area contributed by atoms with Gasteiger partial charge in [0.25, 0.3) is 5.91 Å². The number of hydrogen-bond donors (Lipinski definition) is 1. The number of amides is 1. The van der Waals surface area contributed by atoms with Crippen molar-refractivity contribution in [3.05, 3.63) is 101 Å². The van der Waals surface area contributed by atoms with E-state index in [1.807, 2.05) is 24.3 Å². The molecule has 9 heteroatoms. The van der Waals surface area contributed by atoms with Crippen molar-refractivity contribution in [3.8, 4) is 11.5 Å². The Morgan fingerprint density at radius 1 is 1.19 bits per heavy atom. The fourth-order valence-electron chi connectivity index (χ4n) is 2.77. The maximum Gasteiger partial charge on any atom is 0.250 e. The van der Waals surface area contributed by atoms with Gasteiger partial charge < -0.3 is 4.74 Å². The molecule has 0 aliphatic carbocycles. The summed E-state index contributed by atoms with van der Waals surface area (Å²) < 4.78 is 22.4. The zero-order valence-electron chi connectivity index (χ0n) is 16.7. The number of carbonyl (C=O) groups is 1. The molecule has 4 rings (SSSR count). The fourth-order valence-corrected chi connectivity index (χ4v) is 3.03. The average molecular weight is 494 g/mol. The first-order valence-corrected chi connectivity index (χ1v) is 10.3. The number of hydrogen-bond acceptors (Lipinski definition) is 5. The number of halogens is 2. The smallest absolute Gasteiger partial charge is 0.250 e. The molecular weight excluding hydrogens is 477 g/mol. The highest BCUT2D eigenvalue weighted by Gasteiger charge is 2.07. The van der Waals surface area contributed by atoms with E-state index in [9.17, 15) is 9.18 Å². The number of nitrogens with one attached hydrogen (secondary N) is 1. The SMILES string of the molecule is O=C(/C=C/c1ccc(Oc2cccnc2)c(F)c1)Nc1ncn(Cc2ccc(Br)cc2)n1.